The van der Waals surface area contributed by atoms with Crippen LogP contribution in [0.2, 0.25) is 5.02 Å². The summed E-state index contributed by atoms with van der Waals surface area (Å²) in [7, 11) is 0. The Hall–Kier alpha value is -2.61. The van der Waals surface area contributed by atoms with Gasteiger partial charge < -0.3 is 9.64 Å². The molecule has 2 aliphatic rings. The largest absolute Gasteiger partial charge is 0.379 e. The molecule has 5 rings (SSSR count). The third-order valence-electron chi connectivity index (χ3n) is 6.22. The molecule has 0 saturated carbocycles. The van der Waals surface area contributed by atoms with E-state index in [1.165, 1.54) is 5.56 Å². The summed E-state index contributed by atoms with van der Waals surface area (Å²) in [6.45, 7) is 5.18. The van der Waals surface area contributed by atoms with E-state index in [1.54, 1.807) is 6.20 Å². The minimum absolute atomic E-state index is 0.143. The van der Waals surface area contributed by atoms with Crippen molar-refractivity contribution < 1.29 is 13.5 Å². The number of morpholine rings is 1. The Kier molecular flexibility index (Phi) is 6.53. The molecule has 0 bridgehead atoms. The summed E-state index contributed by atoms with van der Waals surface area (Å²) in [5.74, 6) is -0.438. The third-order valence-corrected chi connectivity index (χ3v) is 6.62. The average molecular weight is 471 g/mol. The summed E-state index contributed by atoms with van der Waals surface area (Å²) in [4.78, 5) is 13.8. The molecule has 0 aliphatic carbocycles. The van der Waals surface area contributed by atoms with Gasteiger partial charge in [0.25, 0.3) is 0 Å². The van der Waals surface area contributed by atoms with Gasteiger partial charge in [-0.05, 0) is 30.5 Å². The Labute approximate surface area is 197 Å². The van der Waals surface area contributed by atoms with E-state index in [0.717, 1.165) is 74.8 Å². The highest BCUT2D eigenvalue weighted by atomic mass is 35.5. The fraction of sp³-hybridized carbons (Fsp3) is 0.360. The van der Waals surface area contributed by atoms with Crippen molar-refractivity contribution in [2.45, 2.75) is 25.9 Å². The molecule has 1 saturated heterocycles. The highest BCUT2D eigenvalue weighted by Crippen LogP contribution is 2.31. The van der Waals surface area contributed by atoms with Crippen LogP contribution in [0.15, 0.2) is 42.6 Å². The van der Waals surface area contributed by atoms with Crippen LogP contribution in [0.5, 0.6) is 0 Å². The minimum Gasteiger partial charge on any atom is -0.379 e. The highest BCUT2D eigenvalue weighted by molar-refractivity contribution is 6.31. The van der Waals surface area contributed by atoms with Gasteiger partial charge in [0.1, 0.15) is 11.6 Å². The molecule has 2 aliphatic heterocycles. The zero-order valence-corrected chi connectivity index (χ0v) is 19.0. The van der Waals surface area contributed by atoms with Gasteiger partial charge in [0, 0.05) is 43.9 Å². The normalized spacial score (nSPS) is 16.6. The first kappa shape index (κ1) is 22.2. The van der Waals surface area contributed by atoms with E-state index in [-0.39, 0.29) is 17.1 Å². The topological polar surface area (TPSA) is 41.5 Å². The van der Waals surface area contributed by atoms with Crippen LogP contribution in [0.25, 0.3) is 11.3 Å². The van der Waals surface area contributed by atoms with E-state index in [2.05, 4.69) is 34.1 Å². The Morgan fingerprint density at radius 2 is 1.70 bits per heavy atom. The molecule has 0 unspecified atom stereocenters. The SMILES string of the molecule is Fc1ccc(F)c(CN2CCCc3ncc(-c4ccc(CN5CCOCC5)cc4)nc32)c1Cl. The predicted octanol–water partition coefficient (Wildman–Crippen LogP) is 4.86. The molecule has 0 amide bonds. The van der Waals surface area contributed by atoms with E-state index in [0.29, 0.717) is 12.4 Å². The number of aryl methyl sites for hydroxylation is 1. The first-order valence-corrected chi connectivity index (χ1v) is 11.6. The van der Waals surface area contributed by atoms with Crippen LogP contribution in [0, 0.1) is 11.6 Å². The molecule has 8 heteroatoms. The zero-order valence-electron chi connectivity index (χ0n) is 18.2. The maximum absolute atomic E-state index is 14.4. The van der Waals surface area contributed by atoms with Crippen molar-refractivity contribution in [1.29, 1.82) is 0 Å². The molecule has 1 aromatic heterocycles. The van der Waals surface area contributed by atoms with Gasteiger partial charge in [-0.2, -0.15) is 0 Å². The fourth-order valence-corrected chi connectivity index (χ4v) is 4.59. The van der Waals surface area contributed by atoms with Crippen molar-refractivity contribution in [1.82, 2.24) is 14.9 Å². The number of rotatable bonds is 5. The van der Waals surface area contributed by atoms with E-state index in [4.69, 9.17) is 21.3 Å². The molecule has 2 aromatic carbocycles. The van der Waals surface area contributed by atoms with Crippen molar-refractivity contribution in [3.8, 4) is 11.3 Å². The number of aromatic nitrogens is 2. The Bertz CT molecular complexity index is 1140. The van der Waals surface area contributed by atoms with Crippen LogP contribution in [-0.2, 0) is 24.2 Å². The van der Waals surface area contributed by atoms with Crippen molar-refractivity contribution >= 4 is 17.4 Å². The van der Waals surface area contributed by atoms with E-state index in [9.17, 15) is 8.78 Å². The van der Waals surface area contributed by atoms with E-state index in [1.807, 2.05) is 4.90 Å². The Morgan fingerprint density at radius 1 is 0.939 bits per heavy atom. The number of hydrogen-bond donors (Lipinski definition) is 0. The summed E-state index contributed by atoms with van der Waals surface area (Å²) in [5, 5.41) is -0.179. The number of hydrogen-bond acceptors (Lipinski definition) is 5. The number of halogens is 3. The summed E-state index contributed by atoms with van der Waals surface area (Å²) in [5.41, 5.74) is 3.97. The molecule has 0 atom stereocenters. The Balaban J connectivity index is 1.38. The first-order valence-electron chi connectivity index (χ1n) is 11.2. The second-order valence-corrected chi connectivity index (χ2v) is 8.84. The molecule has 3 aromatic rings. The molecule has 1 fully saturated rings. The van der Waals surface area contributed by atoms with Gasteiger partial charge in [0.2, 0.25) is 0 Å². The summed E-state index contributed by atoms with van der Waals surface area (Å²) in [6.07, 6.45) is 3.46. The standard InChI is InChI=1S/C25H25ClF2N4O/c26-24-19(20(27)7-8-21(24)28)16-32-9-1-2-22-25(32)30-23(14-29-22)18-5-3-17(4-6-18)15-31-10-12-33-13-11-31/h3-8,14H,1-2,9-13,15-16H2. The quantitative estimate of drug-likeness (QED) is 0.498. The molecular formula is C25H25ClF2N4O. The van der Waals surface area contributed by atoms with Crippen LogP contribution >= 0.6 is 11.6 Å². The second kappa shape index (κ2) is 9.71. The van der Waals surface area contributed by atoms with Gasteiger partial charge >= 0.3 is 0 Å². The molecule has 0 spiro atoms. The van der Waals surface area contributed by atoms with Crippen molar-refractivity contribution in [2.75, 3.05) is 37.7 Å². The number of ether oxygens (including phenoxy) is 1. The number of anilines is 1. The van der Waals surface area contributed by atoms with E-state index < -0.39 is 11.6 Å². The summed E-state index contributed by atoms with van der Waals surface area (Å²) < 4.78 is 33.7. The maximum Gasteiger partial charge on any atom is 0.151 e. The lowest BCUT2D eigenvalue weighted by Gasteiger charge is -2.30. The van der Waals surface area contributed by atoms with Crippen molar-refractivity contribution in [2.24, 2.45) is 0 Å². The van der Waals surface area contributed by atoms with Crippen LogP contribution in [0.3, 0.4) is 0 Å². The molecule has 0 radical (unpaired) electrons. The van der Waals surface area contributed by atoms with Crippen LogP contribution < -0.4 is 4.90 Å². The second-order valence-electron chi connectivity index (χ2n) is 8.46. The van der Waals surface area contributed by atoms with Gasteiger partial charge in [-0.3, -0.25) is 9.88 Å². The minimum atomic E-state index is -0.623. The van der Waals surface area contributed by atoms with Gasteiger partial charge in [-0.1, -0.05) is 35.9 Å². The van der Waals surface area contributed by atoms with Gasteiger partial charge in [0.05, 0.1) is 35.8 Å². The van der Waals surface area contributed by atoms with Crippen LogP contribution in [0.1, 0.15) is 23.2 Å². The molecule has 5 nitrogen and oxygen atoms in total. The molecule has 33 heavy (non-hydrogen) atoms. The summed E-state index contributed by atoms with van der Waals surface area (Å²) in [6, 6.07) is 10.5. The fourth-order valence-electron chi connectivity index (χ4n) is 4.37. The number of benzene rings is 2. The zero-order chi connectivity index (χ0) is 22.8. The van der Waals surface area contributed by atoms with Gasteiger partial charge in [0.15, 0.2) is 5.82 Å². The van der Waals surface area contributed by atoms with E-state index >= 15 is 0 Å². The Morgan fingerprint density at radius 3 is 2.48 bits per heavy atom. The first-order chi connectivity index (χ1) is 16.1. The van der Waals surface area contributed by atoms with Crippen molar-refractivity contribution in [3.63, 3.8) is 0 Å². The molecular weight excluding hydrogens is 446 g/mol. The van der Waals surface area contributed by atoms with Crippen LogP contribution in [-0.4, -0.2) is 47.7 Å². The van der Waals surface area contributed by atoms with Gasteiger partial charge in [-0.15, -0.1) is 0 Å². The highest BCUT2D eigenvalue weighted by Gasteiger charge is 2.23. The van der Waals surface area contributed by atoms with Crippen molar-refractivity contribution in [3.05, 3.63) is 76.1 Å². The third kappa shape index (κ3) is 4.86. The smallest absolute Gasteiger partial charge is 0.151 e. The number of nitrogens with zero attached hydrogens (tertiary/aromatic N) is 4. The lowest BCUT2D eigenvalue weighted by atomic mass is 10.1. The lowest BCUT2D eigenvalue weighted by molar-refractivity contribution is 0.0342. The lowest BCUT2D eigenvalue weighted by Crippen LogP contribution is -2.35. The monoisotopic (exact) mass is 470 g/mol. The predicted molar refractivity (Wildman–Crippen MR) is 124 cm³/mol. The van der Waals surface area contributed by atoms with Gasteiger partial charge in [-0.25, -0.2) is 13.8 Å². The van der Waals surface area contributed by atoms with Crippen LogP contribution in [0.4, 0.5) is 14.6 Å². The number of fused-ring (bicyclic) bond motifs is 1. The molecule has 3 heterocycles. The average Bonchev–Trinajstić information content (AvgIpc) is 2.85. The molecule has 0 N–H and O–H groups in total. The summed E-state index contributed by atoms with van der Waals surface area (Å²) >= 11 is 6.07. The molecule has 172 valence electrons. The maximum atomic E-state index is 14.4.